The fourth-order valence-electron chi connectivity index (χ4n) is 4.73. The molecule has 0 aliphatic heterocycles. The molecule has 0 amide bonds. The Bertz CT molecular complexity index is 1070. The van der Waals surface area contributed by atoms with Gasteiger partial charge in [0.2, 0.25) is 0 Å². The summed E-state index contributed by atoms with van der Waals surface area (Å²) in [6.07, 6.45) is 6.28. The van der Waals surface area contributed by atoms with Crippen LogP contribution < -0.4 is 3.71 Å². The number of halogens is 4. The number of aromatic nitrogens is 3. The third-order valence-corrected chi connectivity index (χ3v) is 12.2. The van der Waals surface area contributed by atoms with Crippen molar-refractivity contribution >= 4 is 24.9 Å². The summed E-state index contributed by atoms with van der Waals surface area (Å²) in [5.41, 5.74) is 1.79. The molecule has 3 aromatic rings. The topological polar surface area (TPSA) is 30.7 Å². The van der Waals surface area contributed by atoms with Crippen molar-refractivity contribution in [1.29, 1.82) is 0 Å². The molecule has 200 valence electrons. The van der Waals surface area contributed by atoms with Crippen LogP contribution in [0.3, 0.4) is 0 Å². The van der Waals surface area contributed by atoms with Gasteiger partial charge in [-0.1, -0.05) is 0 Å². The van der Waals surface area contributed by atoms with Crippen LogP contribution in [0.15, 0.2) is 48.5 Å². The predicted molar refractivity (Wildman–Crippen MR) is 143 cm³/mol. The van der Waals surface area contributed by atoms with Gasteiger partial charge in [-0.05, 0) is 0 Å². The van der Waals surface area contributed by atoms with Crippen LogP contribution in [0.5, 0.6) is 0 Å². The summed E-state index contributed by atoms with van der Waals surface area (Å²) in [6.45, 7) is 7.02. The molecule has 0 bridgehead atoms. The molecule has 2 aromatic carbocycles. The Kier molecular flexibility index (Phi) is 11.0. The normalized spacial score (nSPS) is 12.3. The summed E-state index contributed by atoms with van der Waals surface area (Å²) in [5, 5.41) is 9.19. The van der Waals surface area contributed by atoms with E-state index < -0.39 is 32.9 Å². The second-order valence-corrected chi connectivity index (χ2v) is 15.0. The Balaban J connectivity index is 2.01. The molecular formula is C29H37F4N3Sn. The van der Waals surface area contributed by atoms with Crippen LogP contribution in [0.1, 0.15) is 89.7 Å². The van der Waals surface area contributed by atoms with Gasteiger partial charge in [0.25, 0.3) is 0 Å². The molecule has 8 heteroatoms. The van der Waals surface area contributed by atoms with E-state index in [9.17, 15) is 17.6 Å². The predicted octanol–water partition coefficient (Wildman–Crippen LogP) is 8.21. The molecule has 1 heterocycles. The number of unbranched alkanes of at least 4 members (excludes halogenated alkanes) is 3. The molecule has 0 N–H and O–H groups in total. The molecule has 0 atom stereocenters. The van der Waals surface area contributed by atoms with Gasteiger partial charge in [0.05, 0.1) is 0 Å². The van der Waals surface area contributed by atoms with E-state index in [2.05, 4.69) is 26.0 Å². The van der Waals surface area contributed by atoms with Crippen LogP contribution in [-0.4, -0.2) is 36.1 Å². The summed E-state index contributed by atoms with van der Waals surface area (Å²) in [7, 11) is 0. The fraction of sp³-hybridized carbons (Fsp3) is 0.517. The molecule has 0 unspecified atom stereocenters. The van der Waals surface area contributed by atoms with Crippen molar-refractivity contribution in [2.45, 2.75) is 94.7 Å². The van der Waals surface area contributed by atoms with Crippen molar-refractivity contribution in [2.24, 2.45) is 0 Å². The maximum atomic E-state index is 13.8. The van der Waals surface area contributed by atoms with Crippen LogP contribution in [-0.2, 0) is 12.7 Å². The van der Waals surface area contributed by atoms with E-state index >= 15 is 0 Å². The van der Waals surface area contributed by atoms with Crippen LogP contribution in [0, 0.1) is 5.82 Å². The van der Waals surface area contributed by atoms with E-state index in [4.69, 9.17) is 5.10 Å². The minimum absolute atomic E-state index is 0.287. The molecule has 2 radical (unpaired) electrons. The summed E-state index contributed by atoms with van der Waals surface area (Å²) < 4.78 is 56.0. The van der Waals surface area contributed by atoms with Gasteiger partial charge in [0.15, 0.2) is 0 Å². The Morgan fingerprint density at radius 1 is 0.784 bits per heavy atom. The van der Waals surface area contributed by atoms with E-state index in [0.717, 1.165) is 46.4 Å². The van der Waals surface area contributed by atoms with Crippen LogP contribution in [0.4, 0.5) is 17.6 Å². The third kappa shape index (κ3) is 8.29. The Hall–Kier alpha value is -1.90. The molecule has 3 rings (SSSR count). The van der Waals surface area contributed by atoms with Gasteiger partial charge in [-0.25, -0.2) is 0 Å². The summed E-state index contributed by atoms with van der Waals surface area (Å²) in [6, 6.07) is 11.6. The molecule has 0 saturated heterocycles. The number of hydrogen-bond acceptors (Lipinski definition) is 2. The number of rotatable bonds is 14. The number of benzene rings is 2. The Labute approximate surface area is 228 Å². The van der Waals surface area contributed by atoms with Crippen molar-refractivity contribution in [3.05, 3.63) is 65.5 Å². The van der Waals surface area contributed by atoms with Gasteiger partial charge in [-0.3, -0.25) is 0 Å². The van der Waals surface area contributed by atoms with Crippen molar-refractivity contribution < 1.29 is 17.6 Å². The van der Waals surface area contributed by atoms with E-state index in [-0.39, 0.29) is 9.25 Å². The first-order valence-electron chi connectivity index (χ1n) is 13.3. The van der Waals surface area contributed by atoms with Crippen molar-refractivity contribution in [1.82, 2.24) is 15.0 Å². The minimum atomic E-state index is -4.37. The second-order valence-electron chi connectivity index (χ2n) is 9.86. The number of alkyl halides is 3. The molecule has 37 heavy (non-hydrogen) atoms. The zero-order valence-electron chi connectivity index (χ0n) is 22.0. The summed E-state index contributed by atoms with van der Waals surface area (Å²) >= 11 is -1.25. The van der Waals surface area contributed by atoms with E-state index in [1.54, 1.807) is 16.8 Å². The van der Waals surface area contributed by atoms with Crippen molar-refractivity contribution in [2.75, 3.05) is 0 Å². The number of hydrogen-bond donors (Lipinski definition) is 0. The number of nitrogens with zero attached hydrogens (tertiary/aromatic N) is 3. The average molecular weight is 622 g/mol. The molecule has 0 fully saturated rings. The van der Waals surface area contributed by atoms with Crippen molar-refractivity contribution in [3.8, 4) is 11.3 Å². The molecule has 0 aliphatic rings. The van der Waals surface area contributed by atoms with Crippen LogP contribution in [0.25, 0.3) is 11.3 Å². The molecule has 1 aromatic heterocycles. The van der Waals surface area contributed by atoms with Crippen LogP contribution in [0.2, 0.25) is 3.43 Å². The van der Waals surface area contributed by atoms with E-state index in [0.29, 0.717) is 12.1 Å². The molecule has 0 aliphatic carbocycles. The van der Waals surface area contributed by atoms with Gasteiger partial charge in [-0.2, -0.15) is 0 Å². The quantitative estimate of drug-likeness (QED) is 0.134. The second kappa shape index (κ2) is 13.8. The first kappa shape index (κ1) is 29.7. The fourth-order valence-corrected chi connectivity index (χ4v) is 10.1. The molecular weight excluding hydrogens is 585 g/mol. The molecule has 0 saturated carbocycles. The van der Waals surface area contributed by atoms with Gasteiger partial charge in [-0.15, -0.1) is 0 Å². The summed E-state index contributed by atoms with van der Waals surface area (Å²) in [4.78, 5) is 0. The van der Waals surface area contributed by atoms with E-state index in [1.807, 2.05) is 0 Å². The van der Waals surface area contributed by atoms with Crippen molar-refractivity contribution in [3.63, 3.8) is 0 Å². The third-order valence-electron chi connectivity index (χ3n) is 6.88. The SMILES string of the molecule is CCCC[C](CCCC)(CCCC)[Sn][c]1nnn(Cc2ccc(C(F)(F)F)cc2)c1-c1ccc(F)cc1. The van der Waals surface area contributed by atoms with Crippen LogP contribution >= 0.6 is 0 Å². The van der Waals surface area contributed by atoms with Gasteiger partial charge >= 0.3 is 229 Å². The first-order valence-corrected chi connectivity index (χ1v) is 16.2. The van der Waals surface area contributed by atoms with Gasteiger partial charge < -0.3 is 0 Å². The zero-order chi connectivity index (χ0) is 26.9. The van der Waals surface area contributed by atoms with Gasteiger partial charge in [0.1, 0.15) is 0 Å². The maximum absolute atomic E-state index is 13.8. The monoisotopic (exact) mass is 623 g/mol. The summed E-state index contributed by atoms with van der Waals surface area (Å²) in [5.74, 6) is -0.310. The first-order chi connectivity index (χ1) is 17.7. The average Bonchev–Trinajstić information content (AvgIpc) is 3.26. The Morgan fingerprint density at radius 2 is 1.32 bits per heavy atom. The standard InChI is InChI=1S/C16H10F4N3.C13H27.Sn/c17-14-7-3-12(4-8-14)15-9-21-22-23(15)10-11-1-5-13(6-2-11)16(18,19)20;1-4-7-10-13(11-8-5-2)12-9-6-3;/h1-8H,10H2;4-12H2,1-3H3;. The molecule has 0 spiro atoms. The Morgan fingerprint density at radius 3 is 1.81 bits per heavy atom. The zero-order valence-corrected chi connectivity index (χ0v) is 24.9. The molecule has 3 nitrogen and oxygen atoms in total. The van der Waals surface area contributed by atoms with Gasteiger partial charge in [0, 0.05) is 0 Å². The van der Waals surface area contributed by atoms with E-state index in [1.165, 1.54) is 62.8 Å².